The van der Waals surface area contributed by atoms with Crippen LogP contribution in [0.4, 0.5) is 5.82 Å². The van der Waals surface area contributed by atoms with E-state index in [1.165, 1.54) is 24.1 Å². The van der Waals surface area contributed by atoms with Crippen molar-refractivity contribution >= 4 is 5.82 Å². The monoisotopic (exact) mass is 244 g/mol. The number of fused-ring (bicyclic) bond motifs is 1. The van der Waals surface area contributed by atoms with Gasteiger partial charge in [-0.2, -0.15) is 5.26 Å². The summed E-state index contributed by atoms with van der Waals surface area (Å²) in [6.07, 6.45) is 6.79. The second kappa shape index (κ2) is 5.81. The van der Waals surface area contributed by atoms with Crippen LogP contribution in [0.15, 0.2) is 6.33 Å². The fourth-order valence-electron chi connectivity index (χ4n) is 2.53. The zero-order chi connectivity index (χ0) is 13.0. The first kappa shape index (κ1) is 12.8. The maximum atomic E-state index is 8.77. The summed E-state index contributed by atoms with van der Waals surface area (Å²) in [4.78, 5) is 11.1. The van der Waals surface area contributed by atoms with Gasteiger partial charge in [0, 0.05) is 23.8 Å². The molecule has 1 aromatic rings. The number of nitrogens with zero attached hydrogens (tertiary/aromatic N) is 4. The zero-order valence-corrected chi connectivity index (χ0v) is 11.2. The van der Waals surface area contributed by atoms with Crippen LogP contribution in [0.2, 0.25) is 0 Å². The molecule has 0 N–H and O–H groups in total. The van der Waals surface area contributed by atoms with Gasteiger partial charge in [-0.25, -0.2) is 9.97 Å². The van der Waals surface area contributed by atoms with Gasteiger partial charge in [-0.05, 0) is 39.5 Å². The van der Waals surface area contributed by atoms with Crippen LogP contribution in [0.3, 0.4) is 0 Å². The minimum atomic E-state index is 0.360. The predicted octanol–water partition coefficient (Wildman–Crippen LogP) is 2.48. The highest BCUT2D eigenvalue weighted by molar-refractivity contribution is 5.50. The second-order valence-electron chi connectivity index (χ2n) is 5.02. The van der Waals surface area contributed by atoms with Crippen molar-refractivity contribution in [3.63, 3.8) is 0 Å². The molecular formula is C14H20N4. The fraction of sp³-hybridized carbons (Fsp3) is 0.643. The van der Waals surface area contributed by atoms with E-state index in [0.717, 1.165) is 25.2 Å². The van der Waals surface area contributed by atoms with Gasteiger partial charge in [-0.1, -0.05) is 0 Å². The number of aromatic nitrogens is 2. The molecule has 0 radical (unpaired) electrons. The highest BCUT2D eigenvalue weighted by Gasteiger charge is 2.21. The Kier molecular flexibility index (Phi) is 4.14. The molecule has 4 heteroatoms. The van der Waals surface area contributed by atoms with Crippen LogP contribution < -0.4 is 4.90 Å². The van der Waals surface area contributed by atoms with E-state index in [9.17, 15) is 0 Å². The lowest BCUT2D eigenvalue weighted by Crippen LogP contribution is -2.34. The highest BCUT2D eigenvalue weighted by atomic mass is 15.2. The molecule has 0 atom stereocenters. The summed E-state index contributed by atoms with van der Waals surface area (Å²) in [6, 6.07) is 2.58. The lowest BCUT2D eigenvalue weighted by molar-refractivity contribution is 0.632. The molecule has 1 heterocycles. The van der Waals surface area contributed by atoms with E-state index in [-0.39, 0.29) is 0 Å². The summed E-state index contributed by atoms with van der Waals surface area (Å²) in [7, 11) is 0. The number of nitriles is 1. The Morgan fingerprint density at radius 3 is 2.83 bits per heavy atom. The van der Waals surface area contributed by atoms with Crippen molar-refractivity contribution in [2.75, 3.05) is 11.4 Å². The van der Waals surface area contributed by atoms with Crippen LogP contribution in [-0.2, 0) is 12.8 Å². The van der Waals surface area contributed by atoms with Gasteiger partial charge in [0.05, 0.1) is 12.5 Å². The number of rotatable bonds is 4. The van der Waals surface area contributed by atoms with E-state index in [2.05, 4.69) is 34.8 Å². The number of hydrogen-bond donors (Lipinski definition) is 0. The first-order valence-corrected chi connectivity index (χ1v) is 6.70. The second-order valence-corrected chi connectivity index (χ2v) is 5.02. The molecule has 0 fully saturated rings. The van der Waals surface area contributed by atoms with Gasteiger partial charge >= 0.3 is 0 Å². The van der Waals surface area contributed by atoms with Crippen LogP contribution in [0.25, 0.3) is 0 Å². The topological polar surface area (TPSA) is 52.8 Å². The van der Waals surface area contributed by atoms with Gasteiger partial charge in [0.1, 0.15) is 12.1 Å². The van der Waals surface area contributed by atoms with E-state index in [1.54, 1.807) is 6.33 Å². The largest absolute Gasteiger partial charge is 0.353 e. The lowest BCUT2D eigenvalue weighted by Gasteiger charge is -2.30. The summed E-state index contributed by atoms with van der Waals surface area (Å²) in [5.74, 6) is 1.05. The maximum absolute atomic E-state index is 8.77. The lowest BCUT2D eigenvalue weighted by atomic mass is 9.96. The minimum absolute atomic E-state index is 0.360. The third kappa shape index (κ3) is 2.61. The Morgan fingerprint density at radius 1 is 1.33 bits per heavy atom. The van der Waals surface area contributed by atoms with Crippen molar-refractivity contribution in [2.45, 2.75) is 52.0 Å². The third-order valence-electron chi connectivity index (χ3n) is 3.46. The van der Waals surface area contributed by atoms with Crippen molar-refractivity contribution in [1.82, 2.24) is 9.97 Å². The molecule has 2 rings (SSSR count). The number of hydrogen-bond acceptors (Lipinski definition) is 4. The normalized spacial score (nSPS) is 14.1. The summed E-state index contributed by atoms with van der Waals surface area (Å²) in [6.45, 7) is 5.04. The molecule has 1 aliphatic rings. The van der Waals surface area contributed by atoms with Crippen LogP contribution in [0.1, 0.15) is 44.4 Å². The fourth-order valence-corrected chi connectivity index (χ4v) is 2.53. The Morgan fingerprint density at radius 2 is 2.11 bits per heavy atom. The molecular weight excluding hydrogens is 224 g/mol. The standard InChI is InChI=1S/C14H20N4/c1-11(2)18(9-5-8-15)14-12-6-3-4-7-13(12)16-10-17-14/h10-11H,3-7,9H2,1-2H3. The average Bonchev–Trinajstić information content (AvgIpc) is 2.39. The van der Waals surface area contributed by atoms with Gasteiger partial charge in [0.2, 0.25) is 0 Å². The predicted molar refractivity (Wildman–Crippen MR) is 71.4 cm³/mol. The third-order valence-corrected chi connectivity index (χ3v) is 3.46. The van der Waals surface area contributed by atoms with Gasteiger partial charge in [-0.15, -0.1) is 0 Å². The first-order chi connectivity index (χ1) is 8.74. The van der Waals surface area contributed by atoms with Crippen molar-refractivity contribution in [1.29, 1.82) is 5.26 Å². The van der Waals surface area contributed by atoms with Gasteiger partial charge in [0.25, 0.3) is 0 Å². The van der Waals surface area contributed by atoms with E-state index in [0.29, 0.717) is 12.5 Å². The Labute approximate surface area is 109 Å². The highest BCUT2D eigenvalue weighted by Crippen LogP contribution is 2.28. The van der Waals surface area contributed by atoms with Crippen molar-refractivity contribution < 1.29 is 0 Å². The average molecular weight is 244 g/mol. The number of anilines is 1. The van der Waals surface area contributed by atoms with Gasteiger partial charge < -0.3 is 4.90 Å². The summed E-state index contributed by atoms with van der Waals surface area (Å²) >= 11 is 0. The molecule has 0 saturated heterocycles. The molecule has 0 amide bonds. The van der Waals surface area contributed by atoms with E-state index >= 15 is 0 Å². The van der Waals surface area contributed by atoms with Crippen molar-refractivity contribution in [3.05, 3.63) is 17.6 Å². The molecule has 0 aromatic carbocycles. The van der Waals surface area contributed by atoms with Crippen molar-refractivity contribution in [3.8, 4) is 6.07 Å². The molecule has 0 unspecified atom stereocenters. The Bertz CT molecular complexity index is 448. The van der Waals surface area contributed by atoms with Crippen molar-refractivity contribution in [2.24, 2.45) is 0 Å². The molecule has 1 aromatic heterocycles. The zero-order valence-electron chi connectivity index (χ0n) is 11.2. The molecule has 0 aliphatic heterocycles. The molecule has 96 valence electrons. The van der Waals surface area contributed by atoms with Crippen LogP contribution in [0, 0.1) is 11.3 Å². The van der Waals surface area contributed by atoms with Crippen LogP contribution in [-0.4, -0.2) is 22.6 Å². The Balaban J connectivity index is 2.32. The molecule has 1 aliphatic carbocycles. The summed E-state index contributed by atoms with van der Waals surface area (Å²) in [5.41, 5.74) is 2.50. The summed E-state index contributed by atoms with van der Waals surface area (Å²) < 4.78 is 0. The quantitative estimate of drug-likeness (QED) is 0.816. The Hall–Kier alpha value is -1.63. The first-order valence-electron chi connectivity index (χ1n) is 6.70. The molecule has 0 spiro atoms. The van der Waals surface area contributed by atoms with E-state index in [1.807, 2.05) is 0 Å². The van der Waals surface area contributed by atoms with E-state index < -0.39 is 0 Å². The van der Waals surface area contributed by atoms with Crippen LogP contribution in [0.5, 0.6) is 0 Å². The SMILES string of the molecule is CC(C)N(CCC#N)c1ncnc2c1CCCC2. The smallest absolute Gasteiger partial charge is 0.135 e. The van der Waals surface area contributed by atoms with Crippen LogP contribution >= 0.6 is 0 Å². The molecule has 18 heavy (non-hydrogen) atoms. The van der Waals surface area contributed by atoms with Gasteiger partial charge in [-0.3, -0.25) is 0 Å². The summed E-state index contributed by atoms with van der Waals surface area (Å²) in [5, 5.41) is 8.77. The number of aryl methyl sites for hydroxylation is 1. The molecule has 0 saturated carbocycles. The van der Waals surface area contributed by atoms with Gasteiger partial charge in [0.15, 0.2) is 0 Å². The maximum Gasteiger partial charge on any atom is 0.135 e. The molecule has 4 nitrogen and oxygen atoms in total. The molecule has 0 bridgehead atoms. The minimum Gasteiger partial charge on any atom is -0.353 e. The van der Waals surface area contributed by atoms with E-state index in [4.69, 9.17) is 5.26 Å².